The first kappa shape index (κ1) is 40.1. The van der Waals surface area contributed by atoms with E-state index in [-0.39, 0.29) is 48.1 Å². The normalized spacial score (nSPS) is 19.0. The third-order valence-corrected chi connectivity index (χ3v) is 12.1. The summed E-state index contributed by atoms with van der Waals surface area (Å²) in [6, 6.07) is 12.4. The van der Waals surface area contributed by atoms with E-state index in [1.54, 1.807) is 21.7 Å². The van der Waals surface area contributed by atoms with Crippen molar-refractivity contribution in [1.82, 2.24) is 35.0 Å². The minimum absolute atomic E-state index is 0.0920. The summed E-state index contributed by atoms with van der Waals surface area (Å²) in [5, 5.41) is 9.36. The molecule has 2 aromatic carbocycles. The average molecular weight is 825 g/mol. The van der Waals surface area contributed by atoms with Gasteiger partial charge in [-0.1, -0.05) is 17.7 Å². The number of hydrogen-bond acceptors (Lipinski definition) is 12. The van der Waals surface area contributed by atoms with Crippen LogP contribution in [0.25, 0.3) is 10.9 Å². The quantitative estimate of drug-likeness (QED) is 0.188. The Morgan fingerprint density at radius 2 is 1.76 bits per heavy atom. The van der Waals surface area contributed by atoms with Crippen LogP contribution in [-0.4, -0.2) is 113 Å². The van der Waals surface area contributed by atoms with Crippen molar-refractivity contribution in [1.29, 1.82) is 0 Å². The number of carbonyl (C=O) groups is 4. The number of pyridine rings is 1. The van der Waals surface area contributed by atoms with Crippen molar-refractivity contribution >= 4 is 69.3 Å². The molecule has 4 aliphatic heterocycles. The van der Waals surface area contributed by atoms with E-state index in [0.717, 1.165) is 80.8 Å². The summed E-state index contributed by atoms with van der Waals surface area (Å²) in [7, 11) is 1.51. The topological polar surface area (TPSA) is 174 Å². The summed E-state index contributed by atoms with van der Waals surface area (Å²) >= 11 is 6.60. The van der Waals surface area contributed by atoms with Crippen LogP contribution < -0.4 is 36.0 Å². The number of halogens is 1. The van der Waals surface area contributed by atoms with Gasteiger partial charge < -0.3 is 34.6 Å². The Morgan fingerprint density at radius 3 is 2.49 bits per heavy atom. The van der Waals surface area contributed by atoms with E-state index in [9.17, 15) is 24.0 Å². The van der Waals surface area contributed by atoms with Gasteiger partial charge in [0, 0.05) is 99.8 Å². The lowest BCUT2D eigenvalue weighted by Crippen LogP contribution is -2.52. The number of nitrogens with zero attached hydrogens (tertiary/aromatic N) is 7. The van der Waals surface area contributed by atoms with Gasteiger partial charge in [0.2, 0.25) is 17.8 Å². The number of hydrogen-bond donors (Lipinski definition) is 3. The van der Waals surface area contributed by atoms with Crippen molar-refractivity contribution in [2.24, 2.45) is 5.92 Å². The maximum absolute atomic E-state index is 13.4. The molecule has 3 saturated heterocycles. The number of fused-ring (bicyclic) bond motifs is 2. The number of amides is 4. The highest BCUT2D eigenvalue weighted by molar-refractivity contribution is 6.33. The number of ether oxygens (including phenoxy) is 1. The number of imide groups is 1. The van der Waals surface area contributed by atoms with Crippen molar-refractivity contribution in [3.63, 3.8) is 0 Å². The number of carbonyl (C=O) groups excluding carboxylic acids is 4. The number of nitrogens with one attached hydrogen (secondary N) is 3. The maximum atomic E-state index is 13.4. The molecular formula is C42H49ClN10O6. The van der Waals surface area contributed by atoms with Crippen LogP contribution in [-0.2, 0) is 20.9 Å². The minimum atomic E-state index is -0.625. The SMILES string of the molecule is CNC(=O)COc1cc2cc(Nc3nc(N4CCN(CC5CCN(c6cccc7c6CN(C6CCC(=O)NC6=O)C7=O)CC5)CC4)ncc3Cl)ccc2n(C(C)C)c1=O. The molecule has 4 amide bonds. The summed E-state index contributed by atoms with van der Waals surface area (Å²) in [5.41, 5.74) is 3.82. The fourth-order valence-electron chi connectivity index (χ4n) is 8.68. The number of likely N-dealkylation sites (N-methyl/N-ethyl adjacent to an activating group) is 1. The molecule has 59 heavy (non-hydrogen) atoms. The number of piperidine rings is 2. The molecule has 0 radical (unpaired) electrons. The number of anilines is 4. The Kier molecular flexibility index (Phi) is 11.4. The monoisotopic (exact) mass is 824 g/mol. The Morgan fingerprint density at radius 1 is 0.983 bits per heavy atom. The predicted molar refractivity (Wildman–Crippen MR) is 225 cm³/mol. The second kappa shape index (κ2) is 16.9. The molecule has 6 heterocycles. The highest BCUT2D eigenvalue weighted by Gasteiger charge is 2.40. The molecule has 1 atom stereocenters. The first-order valence-electron chi connectivity index (χ1n) is 20.3. The van der Waals surface area contributed by atoms with Crippen LogP contribution in [0.2, 0.25) is 5.02 Å². The molecule has 0 saturated carbocycles. The van der Waals surface area contributed by atoms with Gasteiger partial charge in [0.05, 0.1) is 11.7 Å². The van der Waals surface area contributed by atoms with E-state index in [1.807, 2.05) is 44.2 Å². The standard InChI is InChI=1S/C42H49ClN10O6/c1-25(2)53-32-8-7-28(19-27(32)20-35(41(53)58)59-24-37(55)44-3)46-38-31(43)21-45-42(48-38)51-17-15-49(16-18-51)22-26-11-13-50(14-12-26)33-6-4-5-29-30(33)23-52(40(29)57)34-9-10-36(54)47-39(34)56/h4-8,19-21,25-26,34H,9-18,22-24H2,1-3H3,(H,44,55)(H,45,46,48)(H,47,54,56). The van der Waals surface area contributed by atoms with Crippen LogP contribution >= 0.6 is 11.6 Å². The van der Waals surface area contributed by atoms with Crippen LogP contribution in [0, 0.1) is 5.92 Å². The van der Waals surface area contributed by atoms with Gasteiger partial charge in [-0.2, -0.15) is 4.98 Å². The van der Waals surface area contributed by atoms with Crippen molar-refractivity contribution in [2.45, 2.75) is 58.2 Å². The van der Waals surface area contributed by atoms with Crippen LogP contribution in [0.3, 0.4) is 0 Å². The molecular weight excluding hydrogens is 776 g/mol. The van der Waals surface area contributed by atoms with Crippen molar-refractivity contribution in [3.8, 4) is 5.75 Å². The molecule has 17 heteroatoms. The molecule has 4 aromatic rings. The highest BCUT2D eigenvalue weighted by atomic mass is 35.5. The molecule has 2 aromatic heterocycles. The van der Waals surface area contributed by atoms with E-state index >= 15 is 0 Å². The van der Waals surface area contributed by atoms with Gasteiger partial charge in [0.1, 0.15) is 11.1 Å². The zero-order valence-electron chi connectivity index (χ0n) is 33.5. The number of piperazine rings is 1. The zero-order valence-corrected chi connectivity index (χ0v) is 34.3. The van der Waals surface area contributed by atoms with Crippen LogP contribution in [0.1, 0.15) is 61.5 Å². The fraction of sp³-hybridized carbons (Fsp3) is 0.452. The number of rotatable bonds is 11. The smallest absolute Gasteiger partial charge is 0.293 e. The van der Waals surface area contributed by atoms with E-state index in [2.05, 4.69) is 41.7 Å². The molecule has 3 N–H and O–H groups in total. The molecule has 16 nitrogen and oxygen atoms in total. The van der Waals surface area contributed by atoms with Crippen molar-refractivity contribution < 1.29 is 23.9 Å². The van der Waals surface area contributed by atoms with Crippen LogP contribution in [0.15, 0.2) is 53.5 Å². The first-order valence-corrected chi connectivity index (χ1v) is 20.7. The van der Waals surface area contributed by atoms with Crippen LogP contribution in [0.4, 0.5) is 23.1 Å². The van der Waals surface area contributed by atoms with Gasteiger partial charge >= 0.3 is 0 Å². The molecule has 0 spiro atoms. The third-order valence-electron chi connectivity index (χ3n) is 11.8. The summed E-state index contributed by atoms with van der Waals surface area (Å²) < 4.78 is 7.26. The largest absolute Gasteiger partial charge is 0.478 e. The van der Waals surface area contributed by atoms with Gasteiger partial charge in [-0.25, -0.2) is 4.98 Å². The lowest BCUT2D eigenvalue weighted by atomic mass is 9.94. The van der Waals surface area contributed by atoms with Crippen molar-refractivity contribution in [3.05, 3.63) is 75.2 Å². The van der Waals surface area contributed by atoms with E-state index < -0.39 is 11.9 Å². The lowest BCUT2D eigenvalue weighted by molar-refractivity contribution is -0.137. The van der Waals surface area contributed by atoms with E-state index in [0.29, 0.717) is 46.9 Å². The Labute approximate surface area is 346 Å². The van der Waals surface area contributed by atoms with E-state index in [1.165, 1.54) is 7.05 Å². The summed E-state index contributed by atoms with van der Waals surface area (Å²) in [4.78, 5) is 80.8. The molecule has 0 bridgehead atoms. The minimum Gasteiger partial charge on any atom is -0.478 e. The zero-order chi connectivity index (χ0) is 41.4. The van der Waals surface area contributed by atoms with Gasteiger partial charge in [0.15, 0.2) is 18.2 Å². The second-order valence-corrected chi connectivity index (χ2v) is 16.3. The number of aromatic nitrogens is 3. The molecule has 3 fully saturated rings. The Bertz CT molecular complexity index is 2350. The number of benzene rings is 2. The summed E-state index contributed by atoms with van der Waals surface area (Å²) in [5.74, 6) is 0.544. The summed E-state index contributed by atoms with van der Waals surface area (Å²) in [6.07, 6.45) is 4.28. The first-order chi connectivity index (χ1) is 28.5. The van der Waals surface area contributed by atoms with Gasteiger partial charge in [-0.3, -0.25) is 34.2 Å². The molecule has 1 unspecified atom stereocenters. The average Bonchev–Trinajstić information content (AvgIpc) is 3.57. The van der Waals surface area contributed by atoms with Crippen LogP contribution in [0.5, 0.6) is 5.75 Å². The predicted octanol–water partition coefficient (Wildman–Crippen LogP) is 3.69. The lowest BCUT2D eigenvalue weighted by Gasteiger charge is -2.39. The molecule has 4 aliphatic rings. The Hall–Kier alpha value is -5.74. The van der Waals surface area contributed by atoms with E-state index in [4.69, 9.17) is 21.3 Å². The van der Waals surface area contributed by atoms with Crippen molar-refractivity contribution in [2.75, 3.05) is 74.6 Å². The van der Waals surface area contributed by atoms with Gasteiger partial charge in [0.25, 0.3) is 17.4 Å². The summed E-state index contributed by atoms with van der Waals surface area (Å²) in [6.45, 7) is 10.1. The third kappa shape index (κ3) is 8.28. The molecule has 0 aliphatic carbocycles. The van der Waals surface area contributed by atoms with Gasteiger partial charge in [-0.15, -0.1) is 0 Å². The maximum Gasteiger partial charge on any atom is 0.293 e. The Balaban J connectivity index is 0.862. The fourth-order valence-corrected chi connectivity index (χ4v) is 8.82. The molecule has 8 rings (SSSR count). The second-order valence-electron chi connectivity index (χ2n) is 15.9. The highest BCUT2D eigenvalue weighted by Crippen LogP contribution is 2.36. The van der Waals surface area contributed by atoms with Gasteiger partial charge in [-0.05, 0) is 75.4 Å². The molecule has 310 valence electrons.